The summed E-state index contributed by atoms with van der Waals surface area (Å²) in [6, 6.07) is 8.95. The van der Waals surface area contributed by atoms with Gasteiger partial charge in [-0.3, -0.25) is 43.2 Å². The van der Waals surface area contributed by atoms with Crippen LogP contribution >= 0.6 is 0 Å². The maximum Gasteiger partial charge on any atom is 0.482 e. The van der Waals surface area contributed by atoms with Crippen LogP contribution in [0, 0.1) is 12.8 Å². The van der Waals surface area contributed by atoms with E-state index < -0.39 is 144 Å². The van der Waals surface area contributed by atoms with E-state index in [0.29, 0.717) is 11.1 Å². The summed E-state index contributed by atoms with van der Waals surface area (Å²) in [7, 11) is -0.829. The van der Waals surface area contributed by atoms with Crippen molar-refractivity contribution >= 4 is 60.5 Å². The predicted molar refractivity (Wildman–Crippen MR) is 308 cm³/mol. The average molecular weight is 1130 g/mol. The van der Waals surface area contributed by atoms with Gasteiger partial charge in [0.05, 0.1) is 30.0 Å². The molecule has 0 spiro atoms. The molecule has 0 radical (unpaired) electrons. The molecule has 6 amide bonds. The van der Waals surface area contributed by atoms with Crippen LogP contribution < -0.4 is 31.9 Å². The van der Waals surface area contributed by atoms with Gasteiger partial charge >= 0.3 is 25.0 Å². The Kier molecular flexibility index (Phi) is 25.4. The zero-order valence-corrected chi connectivity index (χ0v) is 50.7. The minimum absolute atomic E-state index is 0.0381. The van der Waals surface area contributed by atoms with Crippen molar-refractivity contribution in [2.75, 3.05) is 0 Å². The number of carbonyl (C=O) groups is 9. The standard InChI is InChI=1S/C60H91BN6O14/c1-18-24-46(61-80-59(14,15)60(16,17)81-61)67-55(76)42(33-37(2)3)64-52(73)43(34-39-26-20-19-21-27-39)65-53(74)44(35-40-28-23-22-25-38(40)4)66-51(72)41(29-31-48(69)77-56(5,6)7)63-54(75)45(36-50(71)79-58(11,12)13)62-47(68)30-32-49(70)78-57(8,9)10/h18-23,25-28,37,41-46H,1,24,29-36H2,2-17H3,(H,62,68)(H,63,75)(H,64,73)(H,65,74)(H,66,72)(H,67,76)/t41-,42-,43-,44-,45-,46?/m0/s1. The lowest BCUT2D eigenvalue weighted by Gasteiger charge is -2.32. The molecule has 0 aliphatic carbocycles. The number of ether oxygens (including phenoxy) is 3. The first-order valence-electron chi connectivity index (χ1n) is 27.9. The van der Waals surface area contributed by atoms with Crippen molar-refractivity contribution in [1.29, 1.82) is 0 Å². The van der Waals surface area contributed by atoms with Crippen molar-refractivity contribution in [2.24, 2.45) is 5.92 Å². The first-order chi connectivity index (χ1) is 37.4. The van der Waals surface area contributed by atoms with Gasteiger partial charge in [0.15, 0.2) is 0 Å². The number of rotatable bonds is 28. The van der Waals surface area contributed by atoms with E-state index in [1.807, 2.05) is 54.5 Å². The van der Waals surface area contributed by atoms with Crippen LogP contribution in [0.15, 0.2) is 67.3 Å². The van der Waals surface area contributed by atoms with Crippen molar-refractivity contribution < 1.29 is 66.7 Å². The van der Waals surface area contributed by atoms with Gasteiger partial charge in [-0.15, -0.1) is 6.58 Å². The number of esters is 3. The van der Waals surface area contributed by atoms with Crippen LogP contribution in [0.1, 0.15) is 165 Å². The van der Waals surface area contributed by atoms with Crippen molar-refractivity contribution in [3.8, 4) is 0 Å². The summed E-state index contributed by atoms with van der Waals surface area (Å²) in [4.78, 5) is 125. The molecule has 1 heterocycles. The van der Waals surface area contributed by atoms with Gasteiger partial charge in [0.2, 0.25) is 35.4 Å². The molecule has 21 heteroatoms. The van der Waals surface area contributed by atoms with Gasteiger partial charge in [-0.2, -0.15) is 0 Å². The highest BCUT2D eigenvalue weighted by atomic mass is 16.7. The fourth-order valence-electron chi connectivity index (χ4n) is 8.43. The number of hydrogen-bond acceptors (Lipinski definition) is 14. The van der Waals surface area contributed by atoms with Gasteiger partial charge in [0.25, 0.3) is 0 Å². The Morgan fingerprint density at radius 1 is 0.556 bits per heavy atom. The zero-order valence-electron chi connectivity index (χ0n) is 50.7. The summed E-state index contributed by atoms with van der Waals surface area (Å²) in [5.74, 6) is -7.79. The molecule has 3 rings (SSSR count). The summed E-state index contributed by atoms with van der Waals surface area (Å²) >= 11 is 0. The number of nitrogens with one attached hydrogen (secondary N) is 6. The summed E-state index contributed by atoms with van der Waals surface area (Å²) in [6.45, 7) is 31.9. The zero-order chi connectivity index (χ0) is 61.3. The topological polar surface area (TPSA) is 272 Å². The molecule has 1 aliphatic rings. The molecule has 20 nitrogen and oxygen atoms in total. The highest BCUT2D eigenvalue weighted by Gasteiger charge is 2.54. The fourth-order valence-corrected chi connectivity index (χ4v) is 8.43. The molecule has 1 unspecified atom stereocenters. The highest BCUT2D eigenvalue weighted by Crippen LogP contribution is 2.38. The molecule has 0 bridgehead atoms. The monoisotopic (exact) mass is 1130 g/mol. The van der Waals surface area contributed by atoms with Gasteiger partial charge in [0, 0.05) is 25.7 Å². The lowest BCUT2D eigenvalue weighted by Crippen LogP contribution is -2.60. The van der Waals surface area contributed by atoms with E-state index in [1.54, 1.807) is 117 Å². The maximum atomic E-state index is 15.0. The molecular formula is C60H91BN6O14. The second-order valence-electron chi connectivity index (χ2n) is 25.1. The van der Waals surface area contributed by atoms with Crippen LogP contribution in [0.4, 0.5) is 0 Å². The van der Waals surface area contributed by atoms with Crippen molar-refractivity contribution in [3.05, 3.63) is 83.9 Å². The molecule has 0 saturated carbocycles. The third kappa shape index (κ3) is 24.6. The third-order valence-corrected chi connectivity index (χ3v) is 13.0. The fraction of sp³-hybridized carbons (Fsp3) is 0.617. The average Bonchev–Trinajstić information content (AvgIpc) is 3.88. The first kappa shape index (κ1) is 68.7. The lowest BCUT2D eigenvalue weighted by molar-refractivity contribution is -0.158. The van der Waals surface area contributed by atoms with Crippen molar-refractivity contribution in [2.45, 2.75) is 233 Å². The highest BCUT2D eigenvalue weighted by molar-refractivity contribution is 6.48. The Bertz CT molecular complexity index is 2500. The molecule has 448 valence electrons. The molecular weight excluding hydrogens is 1040 g/mol. The molecule has 6 N–H and O–H groups in total. The molecule has 2 aromatic carbocycles. The van der Waals surface area contributed by atoms with Crippen LogP contribution in [-0.2, 0) is 79.5 Å². The van der Waals surface area contributed by atoms with E-state index in [2.05, 4.69) is 38.5 Å². The van der Waals surface area contributed by atoms with Gasteiger partial charge in [-0.25, -0.2) is 0 Å². The smallest absolute Gasteiger partial charge is 0.460 e. The Labute approximate surface area is 480 Å². The van der Waals surface area contributed by atoms with Gasteiger partial charge in [0.1, 0.15) is 47.0 Å². The number of aryl methyl sites for hydroxylation is 1. The molecule has 0 aromatic heterocycles. The van der Waals surface area contributed by atoms with E-state index in [4.69, 9.17) is 23.5 Å². The molecule has 1 saturated heterocycles. The van der Waals surface area contributed by atoms with E-state index in [1.165, 1.54) is 0 Å². The first-order valence-corrected chi connectivity index (χ1v) is 27.9. The minimum Gasteiger partial charge on any atom is -0.460 e. The molecule has 6 atom stereocenters. The number of benzene rings is 2. The Hall–Kier alpha value is -6.61. The molecule has 1 aliphatic heterocycles. The van der Waals surface area contributed by atoms with Crippen LogP contribution in [0.3, 0.4) is 0 Å². The number of hydrogen-bond donors (Lipinski definition) is 6. The number of carbonyl (C=O) groups excluding carboxylic acids is 9. The summed E-state index contributed by atoms with van der Waals surface area (Å²) in [5, 5.41) is 16.6. The molecule has 81 heavy (non-hydrogen) atoms. The summed E-state index contributed by atoms with van der Waals surface area (Å²) in [5.41, 5.74) is -2.05. The Morgan fingerprint density at radius 3 is 1.52 bits per heavy atom. The largest absolute Gasteiger partial charge is 0.482 e. The van der Waals surface area contributed by atoms with Crippen LogP contribution in [-0.4, -0.2) is 125 Å². The Balaban J connectivity index is 2.07. The normalized spacial score (nSPS) is 16.2. The van der Waals surface area contributed by atoms with Crippen molar-refractivity contribution in [3.63, 3.8) is 0 Å². The van der Waals surface area contributed by atoms with E-state index in [-0.39, 0.29) is 44.4 Å². The van der Waals surface area contributed by atoms with Crippen LogP contribution in [0.5, 0.6) is 0 Å². The van der Waals surface area contributed by atoms with E-state index in [9.17, 15) is 43.2 Å². The minimum atomic E-state index is -1.65. The summed E-state index contributed by atoms with van der Waals surface area (Å²) < 4.78 is 28.9. The molecule has 2 aromatic rings. The van der Waals surface area contributed by atoms with Gasteiger partial charge in [-0.1, -0.05) is 74.5 Å². The van der Waals surface area contributed by atoms with Gasteiger partial charge < -0.3 is 55.4 Å². The number of amides is 6. The lowest BCUT2D eigenvalue weighted by atomic mass is 9.76. The summed E-state index contributed by atoms with van der Waals surface area (Å²) in [6.07, 6.45) is -0.256. The van der Waals surface area contributed by atoms with Crippen LogP contribution in [0.25, 0.3) is 0 Å². The van der Waals surface area contributed by atoms with Crippen molar-refractivity contribution in [1.82, 2.24) is 31.9 Å². The van der Waals surface area contributed by atoms with E-state index >= 15 is 0 Å². The SMILES string of the molecule is C=CCC(NC(=O)[C@H](CC(C)C)NC(=O)[C@H](Cc1ccccc1)NC(=O)[C@H](Cc1ccccc1C)NC(=O)[C@H](CCC(=O)OC(C)(C)C)NC(=O)[C@H](CC(=O)OC(C)(C)C)NC(=O)CCC(=O)OC(C)(C)C)B1OC(C)(C)C(C)(C)O1. The Morgan fingerprint density at radius 2 is 1.00 bits per heavy atom. The van der Waals surface area contributed by atoms with E-state index in [0.717, 1.165) is 5.56 Å². The third-order valence-electron chi connectivity index (χ3n) is 13.0. The quantitative estimate of drug-likeness (QED) is 0.0250. The van der Waals surface area contributed by atoms with Crippen LogP contribution in [0.2, 0.25) is 0 Å². The second-order valence-corrected chi connectivity index (χ2v) is 25.1. The second kappa shape index (κ2) is 29.9. The predicted octanol–water partition coefficient (Wildman–Crippen LogP) is 5.92. The molecule has 1 fully saturated rings. The van der Waals surface area contributed by atoms with Gasteiger partial charge in [-0.05, 0) is 139 Å². The maximum absolute atomic E-state index is 15.0.